The Balaban J connectivity index is 1.34. The van der Waals surface area contributed by atoms with Gasteiger partial charge in [0.15, 0.2) is 11.6 Å². The van der Waals surface area contributed by atoms with E-state index in [1.54, 1.807) is 29.1 Å². The van der Waals surface area contributed by atoms with Crippen molar-refractivity contribution in [1.29, 1.82) is 0 Å². The lowest BCUT2D eigenvalue weighted by molar-refractivity contribution is -0.139. The van der Waals surface area contributed by atoms with Gasteiger partial charge in [-0.05, 0) is 74.3 Å². The van der Waals surface area contributed by atoms with E-state index in [0.29, 0.717) is 37.2 Å². The molecule has 2 aliphatic carbocycles. The summed E-state index contributed by atoms with van der Waals surface area (Å²) in [5, 5.41) is 11.0. The summed E-state index contributed by atoms with van der Waals surface area (Å²) < 4.78 is 65.7. The maximum atomic E-state index is 15.8. The SMILES string of the molecule is CC1CCC(C(=O)N(c2cc(F)c(Oc3ncc(Cn4ccc5cccnc54)cc3C(F)(F)F)cc2C(=O)O)C2CCCCC2)CC1. The van der Waals surface area contributed by atoms with E-state index >= 15 is 4.39 Å². The van der Waals surface area contributed by atoms with Gasteiger partial charge in [-0.3, -0.25) is 4.79 Å². The Morgan fingerprint density at radius 1 is 1.02 bits per heavy atom. The maximum Gasteiger partial charge on any atom is 0.421 e. The summed E-state index contributed by atoms with van der Waals surface area (Å²) in [4.78, 5) is 36.2. The molecule has 0 saturated heterocycles. The number of aromatic nitrogens is 3. The van der Waals surface area contributed by atoms with Crippen molar-refractivity contribution in [3.05, 3.63) is 77.5 Å². The number of hydrogen-bond acceptors (Lipinski definition) is 5. The average Bonchev–Trinajstić information content (AvgIpc) is 3.45. The second-order valence-corrected chi connectivity index (χ2v) is 12.7. The predicted octanol–water partition coefficient (Wildman–Crippen LogP) is 8.62. The number of pyridine rings is 2. The highest BCUT2D eigenvalue weighted by molar-refractivity contribution is 6.03. The minimum atomic E-state index is -4.91. The molecule has 1 N–H and O–H groups in total. The van der Waals surface area contributed by atoms with E-state index in [0.717, 1.165) is 55.7 Å². The van der Waals surface area contributed by atoms with E-state index in [2.05, 4.69) is 16.9 Å². The molecule has 0 aliphatic heterocycles. The fourth-order valence-electron chi connectivity index (χ4n) is 6.85. The molecule has 3 aromatic heterocycles. The Bertz CT molecular complexity index is 1780. The summed E-state index contributed by atoms with van der Waals surface area (Å²) in [5.74, 6) is -4.27. The fraction of sp³-hybridized carbons (Fsp3) is 0.429. The number of nitrogens with zero attached hydrogens (tertiary/aromatic N) is 4. The molecule has 1 amide bonds. The van der Waals surface area contributed by atoms with Crippen LogP contribution in [0.25, 0.3) is 11.0 Å². The number of amides is 1. The quantitative estimate of drug-likeness (QED) is 0.192. The number of carboxylic acids is 1. The number of aromatic carboxylic acids is 1. The van der Waals surface area contributed by atoms with E-state index in [4.69, 9.17) is 4.74 Å². The molecule has 0 unspecified atom stereocenters. The molecule has 0 radical (unpaired) electrons. The smallest absolute Gasteiger partial charge is 0.421 e. The van der Waals surface area contributed by atoms with Crippen LogP contribution in [0.2, 0.25) is 0 Å². The lowest BCUT2D eigenvalue weighted by Gasteiger charge is -2.38. The van der Waals surface area contributed by atoms with Crippen LogP contribution in [-0.2, 0) is 17.5 Å². The van der Waals surface area contributed by atoms with Crippen LogP contribution in [-0.4, -0.2) is 37.6 Å². The van der Waals surface area contributed by atoms with Crippen molar-refractivity contribution in [3.8, 4) is 11.6 Å². The van der Waals surface area contributed by atoms with Crippen molar-refractivity contribution < 1.29 is 37.0 Å². The third-order valence-electron chi connectivity index (χ3n) is 9.38. The number of benzene rings is 1. The predicted molar refractivity (Wildman–Crippen MR) is 167 cm³/mol. The highest BCUT2D eigenvalue weighted by Gasteiger charge is 2.38. The van der Waals surface area contributed by atoms with Crippen LogP contribution in [0.3, 0.4) is 0 Å². The maximum absolute atomic E-state index is 15.8. The van der Waals surface area contributed by atoms with Gasteiger partial charge in [0.25, 0.3) is 0 Å². The fourth-order valence-corrected chi connectivity index (χ4v) is 6.85. The number of carbonyl (C=O) groups excluding carboxylic acids is 1. The molecule has 0 atom stereocenters. The Morgan fingerprint density at radius 3 is 2.47 bits per heavy atom. The number of alkyl halides is 3. The van der Waals surface area contributed by atoms with Gasteiger partial charge >= 0.3 is 12.1 Å². The number of rotatable bonds is 8. The van der Waals surface area contributed by atoms with Crippen molar-refractivity contribution in [2.45, 2.75) is 83.5 Å². The molecule has 0 bridgehead atoms. The van der Waals surface area contributed by atoms with Gasteiger partial charge in [0, 0.05) is 48.1 Å². The topological polar surface area (TPSA) is 97.6 Å². The first kappa shape index (κ1) is 32.5. The number of carbonyl (C=O) groups is 2. The van der Waals surface area contributed by atoms with Crippen molar-refractivity contribution in [2.75, 3.05) is 4.90 Å². The highest BCUT2D eigenvalue weighted by atomic mass is 19.4. The average molecular weight is 653 g/mol. The van der Waals surface area contributed by atoms with Gasteiger partial charge in [0.05, 0.1) is 17.8 Å². The summed E-state index contributed by atoms with van der Waals surface area (Å²) in [5.41, 5.74) is -0.992. The summed E-state index contributed by atoms with van der Waals surface area (Å²) in [6.45, 7) is 2.17. The van der Waals surface area contributed by atoms with Gasteiger partial charge < -0.3 is 19.3 Å². The van der Waals surface area contributed by atoms with Crippen LogP contribution in [0.5, 0.6) is 11.6 Å². The van der Waals surface area contributed by atoms with Gasteiger partial charge in [-0.15, -0.1) is 0 Å². The molecule has 2 aliphatic rings. The first-order valence-electron chi connectivity index (χ1n) is 16.0. The second kappa shape index (κ2) is 13.3. The molecule has 47 heavy (non-hydrogen) atoms. The van der Waals surface area contributed by atoms with E-state index in [1.165, 1.54) is 11.1 Å². The van der Waals surface area contributed by atoms with Crippen LogP contribution < -0.4 is 9.64 Å². The van der Waals surface area contributed by atoms with E-state index in [9.17, 15) is 27.9 Å². The Kier molecular flexibility index (Phi) is 9.20. The van der Waals surface area contributed by atoms with Crippen LogP contribution in [0.4, 0.5) is 23.2 Å². The van der Waals surface area contributed by atoms with Crippen molar-refractivity contribution in [2.24, 2.45) is 11.8 Å². The highest BCUT2D eigenvalue weighted by Crippen LogP contribution is 2.41. The van der Waals surface area contributed by atoms with Crippen LogP contribution >= 0.6 is 0 Å². The minimum absolute atomic E-state index is 0.0357. The monoisotopic (exact) mass is 652 g/mol. The van der Waals surface area contributed by atoms with Crippen molar-refractivity contribution in [3.63, 3.8) is 0 Å². The number of halogens is 4. The number of anilines is 1. The Morgan fingerprint density at radius 2 is 1.77 bits per heavy atom. The zero-order valence-corrected chi connectivity index (χ0v) is 26.0. The third kappa shape index (κ3) is 6.96. The summed E-state index contributed by atoms with van der Waals surface area (Å²) in [6, 6.07) is 7.71. The van der Waals surface area contributed by atoms with Gasteiger partial charge in [0.1, 0.15) is 11.2 Å². The zero-order valence-electron chi connectivity index (χ0n) is 26.0. The number of carboxylic acid groups (broad SMARTS) is 1. The first-order valence-corrected chi connectivity index (χ1v) is 16.0. The molecule has 8 nitrogen and oxygen atoms in total. The van der Waals surface area contributed by atoms with E-state index < -0.39 is 40.7 Å². The minimum Gasteiger partial charge on any atom is -0.478 e. The molecule has 1 aromatic carbocycles. The number of ether oxygens (including phenoxy) is 1. The van der Waals surface area contributed by atoms with Crippen LogP contribution in [0.15, 0.2) is 55.0 Å². The Labute approximate surface area is 269 Å². The molecule has 2 saturated carbocycles. The Hall–Kier alpha value is -4.48. The third-order valence-corrected chi connectivity index (χ3v) is 9.38. The molecule has 3 heterocycles. The summed E-state index contributed by atoms with van der Waals surface area (Å²) in [6.07, 6.45) is 6.60. The number of hydrogen-bond donors (Lipinski definition) is 1. The van der Waals surface area contributed by atoms with Gasteiger partial charge in [-0.1, -0.05) is 26.2 Å². The van der Waals surface area contributed by atoms with Crippen molar-refractivity contribution >= 4 is 28.6 Å². The molecule has 0 spiro atoms. The van der Waals surface area contributed by atoms with Gasteiger partial charge in [0.2, 0.25) is 11.8 Å². The number of fused-ring (bicyclic) bond motifs is 1. The van der Waals surface area contributed by atoms with E-state index in [1.807, 2.05) is 6.07 Å². The largest absolute Gasteiger partial charge is 0.478 e. The normalized spacial score (nSPS) is 19.1. The van der Waals surface area contributed by atoms with Gasteiger partial charge in [-0.2, -0.15) is 13.2 Å². The molecule has 248 valence electrons. The molecular formula is C35H36F4N4O4. The van der Waals surface area contributed by atoms with Crippen LogP contribution in [0, 0.1) is 17.7 Å². The van der Waals surface area contributed by atoms with Crippen LogP contribution in [0.1, 0.15) is 86.2 Å². The summed E-state index contributed by atoms with van der Waals surface area (Å²) >= 11 is 0. The lowest BCUT2D eigenvalue weighted by Crippen LogP contribution is -2.46. The second-order valence-electron chi connectivity index (χ2n) is 12.7. The molecule has 6 rings (SSSR count). The van der Waals surface area contributed by atoms with E-state index in [-0.39, 0.29) is 35.7 Å². The lowest BCUT2D eigenvalue weighted by atomic mass is 9.81. The van der Waals surface area contributed by atoms with Gasteiger partial charge in [-0.25, -0.2) is 19.2 Å². The molecule has 2 fully saturated rings. The standard InChI is InChI=1S/C35H36F4N4O4/c1-21-9-11-24(12-10-21)33(44)43(25-7-3-2-4-8-25)29-18-28(36)30(17-26(29)34(45)46)47-32-27(35(37,38)39)16-22(19-41-32)20-42-15-13-23-6-5-14-40-31(23)42/h5-6,13-19,21,24-25H,2-4,7-12,20H2,1H3,(H,45,46). The first-order chi connectivity index (χ1) is 22.5. The summed E-state index contributed by atoms with van der Waals surface area (Å²) in [7, 11) is 0. The van der Waals surface area contributed by atoms with Crippen molar-refractivity contribution in [1.82, 2.24) is 14.5 Å². The molecule has 4 aromatic rings. The molecular weight excluding hydrogens is 616 g/mol. The molecule has 12 heteroatoms. The zero-order chi connectivity index (χ0) is 33.3.